The second kappa shape index (κ2) is 6.38. The molecule has 1 saturated heterocycles. The van der Waals surface area contributed by atoms with Crippen molar-refractivity contribution in [2.75, 3.05) is 16.8 Å². The number of nitrogens with one attached hydrogen (secondary N) is 1. The standard InChI is InChI=1S/C17H14ClFN2O2/c18-12-4-3-5-13(9-12)20-17(23)11-8-16(22)21(10-11)15-7-2-1-6-14(15)19/h1-7,9,11H,8,10H2,(H,20,23)/t11-/m0/s1. The van der Waals surface area contributed by atoms with Crippen LogP contribution >= 0.6 is 11.6 Å². The number of halogens is 2. The highest BCUT2D eigenvalue weighted by molar-refractivity contribution is 6.30. The molecule has 1 fully saturated rings. The van der Waals surface area contributed by atoms with Crippen molar-refractivity contribution >= 4 is 34.8 Å². The van der Waals surface area contributed by atoms with Crippen molar-refractivity contribution in [2.24, 2.45) is 5.92 Å². The summed E-state index contributed by atoms with van der Waals surface area (Å²) in [7, 11) is 0. The Labute approximate surface area is 137 Å². The normalized spacial score (nSPS) is 17.4. The molecule has 2 amide bonds. The third-order valence-corrected chi connectivity index (χ3v) is 3.97. The van der Waals surface area contributed by atoms with Crippen LogP contribution in [0.1, 0.15) is 6.42 Å². The summed E-state index contributed by atoms with van der Waals surface area (Å²) in [6.45, 7) is 0.159. The van der Waals surface area contributed by atoms with Crippen LogP contribution in [0.2, 0.25) is 5.02 Å². The summed E-state index contributed by atoms with van der Waals surface area (Å²) in [5, 5.41) is 3.25. The van der Waals surface area contributed by atoms with Gasteiger partial charge < -0.3 is 10.2 Å². The van der Waals surface area contributed by atoms with Crippen molar-refractivity contribution in [3.63, 3.8) is 0 Å². The van der Waals surface area contributed by atoms with Gasteiger partial charge in [0, 0.05) is 23.7 Å². The molecule has 1 atom stereocenters. The fourth-order valence-electron chi connectivity index (χ4n) is 2.60. The fraction of sp³-hybridized carbons (Fsp3) is 0.176. The molecular formula is C17H14ClFN2O2. The van der Waals surface area contributed by atoms with Crippen LogP contribution in [0.4, 0.5) is 15.8 Å². The molecule has 2 aromatic carbocycles. The van der Waals surface area contributed by atoms with Gasteiger partial charge in [0.25, 0.3) is 0 Å². The van der Waals surface area contributed by atoms with Crippen LogP contribution in [0.25, 0.3) is 0 Å². The van der Waals surface area contributed by atoms with E-state index in [1.54, 1.807) is 36.4 Å². The van der Waals surface area contributed by atoms with Gasteiger partial charge in [-0.1, -0.05) is 29.8 Å². The molecule has 0 unspecified atom stereocenters. The van der Waals surface area contributed by atoms with E-state index in [1.807, 2.05) is 0 Å². The van der Waals surface area contributed by atoms with Crippen LogP contribution in [-0.4, -0.2) is 18.4 Å². The van der Waals surface area contributed by atoms with Gasteiger partial charge in [0.2, 0.25) is 11.8 Å². The maximum atomic E-state index is 13.8. The van der Waals surface area contributed by atoms with Gasteiger partial charge in [0.1, 0.15) is 5.82 Å². The van der Waals surface area contributed by atoms with E-state index in [2.05, 4.69) is 5.32 Å². The van der Waals surface area contributed by atoms with E-state index in [4.69, 9.17) is 11.6 Å². The van der Waals surface area contributed by atoms with Crippen LogP contribution in [0, 0.1) is 11.7 Å². The van der Waals surface area contributed by atoms with Crippen LogP contribution in [0.15, 0.2) is 48.5 Å². The van der Waals surface area contributed by atoms with E-state index in [-0.39, 0.29) is 30.5 Å². The minimum absolute atomic E-state index is 0.0563. The zero-order valence-electron chi connectivity index (χ0n) is 12.1. The number of benzene rings is 2. The van der Waals surface area contributed by atoms with Crippen molar-refractivity contribution in [2.45, 2.75) is 6.42 Å². The largest absolute Gasteiger partial charge is 0.326 e. The zero-order chi connectivity index (χ0) is 16.4. The molecule has 1 aliphatic rings. The highest BCUT2D eigenvalue weighted by Crippen LogP contribution is 2.28. The second-order valence-corrected chi connectivity index (χ2v) is 5.79. The predicted molar refractivity (Wildman–Crippen MR) is 86.9 cm³/mol. The molecule has 2 aromatic rings. The summed E-state index contributed by atoms with van der Waals surface area (Å²) >= 11 is 5.88. The van der Waals surface area contributed by atoms with Crippen LogP contribution in [0.3, 0.4) is 0 Å². The van der Waals surface area contributed by atoms with Gasteiger partial charge in [0.15, 0.2) is 0 Å². The number of hydrogen-bond donors (Lipinski definition) is 1. The monoisotopic (exact) mass is 332 g/mol. The van der Waals surface area contributed by atoms with Crippen molar-refractivity contribution in [3.8, 4) is 0 Å². The highest BCUT2D eigenvalue weighted by Gasteiger charge is 2.36. The first-order chi connectivity index (χ1) is 11.0. The molecule has 1 N–H and O–H groups in total. The Balaban J connectivity index is 1.72. The summed E-state index contributed by atoms with van der Waals surface area (Å²) in [6, 6.07) is 12.8. The van der Waals surface area contributed by atoms with E-state index in [0.29, 0.717) is 10.7 Å². The summed E-state index contributed by atoms with van der Waals surface area (Å²) in [5.41, 5.74) is 0.773. The predicted octanol–water partition coefficient (Wildman–Crippen LogP) is 3.47. The Hall–Kier alpha value is -2.40. The molecule has 0 aliphatic carbocycles. The molecule has 0 aromatic heterocycles. The molecule has 0 saturated carbocycles. The first kappa shape index (κ1) is 15.5. The van der Waals surface area contributed by atoms with Crippen molar-refractivity contribution < 1.29 is 14.0 Å². The van der Waals surface area contributed by atoms with Crippen LogP contribution in [0.5, 0.6) is 0 Å². The Morgan fingerprint density at radius 3 is 2.74 bits per heavy atom. The smallest absolute Gasteiger partial charge is 0.229 e. The fourth-order valence-corrected chi connectivity index (χ4v) is 2.79. The maximum Gasteiger partial charge on any atom is 0.229 e. The van der Waals surface area contributed by atoms with E-state index in [0.717, 1.165) is 0 Å². The molecule has 0 bridgehead atoms. The highest BCUT2D eigenvalue weighted by atomic mass is 35.5. The summed E-state index contributed by atoms with van der Waals surface area (Å²) in [4.78, 5) is 25.7. The molecule has 4 nitrogen and oxygen atoms in total. The van der Waals surface area contributed by atoms with Crippen LogP contribution in [-0.2, 0) is 9.59 Å². The topological polar surface area (TPSA) is 49.4 Å². The van der Waals surface area contributed by atoms with E-state index >= 15 is 0 Å². The summed E-state index contributed by atoms with van der Waals surface area (Å²) < 4.78 is 13.8. The number of para-hydroxylation sites is 1. The first-order valence-corrected chi connectivity index (χ1v) is 7.54. The van der Waals surface area contributed by atoms with Crippen LogP contribution < -0.4 is 10.2 Å². The molecule has 118 valence electrons. The van der Waals surface area contributed by atoms with Gasteiger partial charge in [0.05, 0.1) is 11.6 Å². The van der Waals surface area contributed by atoms with E-state index in [9.17, 15) is 14.0 Å². The molecule has 3 rings (SSSR count). The number of carbonyl (C=O) groups excluding carboxylic acids is 2. The Morgan fingerprint density at radius 2 is 2.00 bits per heavy atom. The number of carbonyl (C=O) groups is 2. The van der Waals surface area contributed by atoms with Crippen molar-refractivity contribution in [1.29, 1.82) is 0 Å². The minimum Gasteiger partial charge on any atom is -0.326 e. The number of amides is 2. The summed E-state index contributed by atoms with van der Waals surface area (Å²) in [5.74, 6) is -1.54. The zero-order valence-corrected chi connectivity index (χ0v) is 12.9. The van der Waals surface area contributed by atoms with Crippen molar-refractivity contribution in [1.82, 2.24) is 0 Å². The molecule has 0 radical (unpaired) electrons. The minimum atomic E-state index is -0.527. The third kappa shape index (κ3) is 3.35. The number of nitrogens with zero attached hydrogens (tertiary/aromatic N) is 1. The van der Waals surface area contributed by atoms with Gasteiger partial charge in [-0.25, -0.2) is 4.39 Å². The maximum absolute atomic E-state index is 13.8. The first-order valence-electron chi connectivity index (χ1n) is 7.16. The second-order valence-electron chi connectivity index (χ2n) is 5.36. The Kier molecular flexibility index (Phi) is 4.30. The average Bonchev–Trinajstić information content (AvgIpc) is 2.90. The summed E-state index contributed by atoms with van der Waals surface area (Å²) in [6.07, 6.45) is 0.0563. The Morgan fingerprint density at radius 1 is 1.22 bits per heavy atom. The molecule has 6 heteroatoms. The molecule has 1 aliphatic heterocycles. The van der Waals surface area contributed by atoms with E-state index in [1.165, 1.54) is 17.0 Å². The van der Waals surface area contributed by atoms with Gasteiger partial charge in [-0.05, 0) is 30.3 Å². The van der Waals surface area contributed by atoms with Gasteiger partial charge in [-0.2, -0.15) is 0 Å². The Bertz CT molecular complexity index is 766. The SMILES string of the molecule is O=C(Nc1cccc(Cl)c1)[C@H]1CC(=O)N(c2ccccc2F)C1. The molecular weight excluding hydrogens is 319 g/mol. The van der Waals surface area contributed by atoms with Crippen molar-refractivity contribution in [3.05, 3.63) is 59.4 Å². The number of anilines is 2. The quantitative estimate of drug-likeness (QED) is 0.935. The number of rotatable bonds is 3. The molecule has 0 spiro atoms. The van der Waals surface area contributed by atoms with Gasteiger partial charge in [-0.15, -0.1) is 0 Å². The third-order valence-electron chi connectivity index (χ3n) is 3.73. The average molecular weight is 333 g/mol. The van der Waals surface area contributed by atoms with E-state index < -0.39 is 11.7 Å². The molecule has 1 heterocycles. The molecule has 23 heavy (non-hydrogen) atoms. The lowest BCUT2D eigenvalue weighted by molar-refractivity contribution is -0.122. The number of hydrogen-bond acceptors (Lipinski definition) is 2. The lowest BCUT2D eigenvalue weighted by Crippen LogP contribution is -2.28. The lowest BCUT2D eigenvalue weighted by atomic mass is 10.1. The lowest BCUT2D eigenvalue weighted by Gasteiger charge is -2.17. The van der Waals surface area contributed by atoms with Gasteiger partial charge >= 0.3 is 0 Å². The van der Waals surface area contributed by atoms with Gasteiger partial charge in [-0.3, -0.25) is 9.59 Å².